The summed E-state index contributed by atoms with van der Waals surface area (Å²) in [5.41, 5.74) is 3.64. The summed E-state index contributed by atoms with van der Waals surface area (Å²) in [5, 5.41) is 13.7. The second-order valence-electron chi connectivity index (χ2n) is 6.97. The van der Waals surface area contributed by atoms with Crippen LogP contribution >= 0.6 is 0 Å². The minimum absolute atomic E-state index is 0.0416. The van der Waals surface area contributed by atoms with Gasteiger partial charge in [0.05, 0.1) is 12.8 Å². The standard InChI is InChI=1S/C22H24FN3O4/c1-2-30-20-13-15(3-8-19(20)27)14-24-25-21(28)16-9-11-26(12-10-16)22(29)17-4-6-18(23)7-5-17/h3-8,13-14,16,27H,2,9-12H2,1H3,(H,25,28)/b24-14+. The number of piperidine rings is 1. The fourth-order valence-corrected chi connectivity index (χ4v) is 3.26. The fourth-order valence-electron chi connectivity index (χ4n) is 3.26. The number of benzene rings is 2. The zero-order valence-corrected chi connectivity index (χ0v) is 16.7. The van der Waals surface area contributed by atoms with Crippen molar-refractivity contribution < 1.29 is 23.8 Å². The highest BCUT2D eigenvalue weighted by Gasteiger charge is 2.27. The van der Waals surface area contributed by atoms with Crippen LogP contribution in [0.2, 0.25) is 0 Å². The van der Waals surface area contributed by atoms with Gasteiger partial charge in [-0.05, 0) is 67.8 Å². The number of phenols is 1. The molecule has 0 aromatic heterocycles. The maximum atomic E-state index is 13.0. The molecule has 1 saturated heterocycles. The Morgan fingerprint density at radius 1 is 1.23 bits per heavy atom. The molecule has 7 nitrogen and oxygen atoms in total. The number of hydrogen-bond acceptors (Lipinski definition) is 5. The van der Waals surface area contributed by atoms with Gasteiger partial charge >= 0.3 is 0 Å². The number of halogens is 1. The number of rotatable bonds is 6. The third-order valence-corrected chi connectivity index (χ3v) is 4.92. The van der Waals surface area contributed by atoms with Gasteiger partial charge in [-0.25, -0.2) is 9.82 Å². The van der Waals surface area contributed by atoms with Crippen molar-refractivity contribution in [3.05, 3.63) is 59.4 Å². The Balaban J connectivity index is 1.49. The van der Waals surface area contributed by atoms with E-state index in [1.165, 1.54) is 36.5 Å². The molecule has 2 aromatic rings. The third kappa shape index (κ3) is 5.34. The van der Waals surface area contributed by atoms with E-state index >= 15 is 0 Å². The van der Waals surface area contributed by atoms with Gasteiger partial charge in [0.25, 0.3) is 5.91 Å². The van der Waals surface area contributed by atoms with Crippen LogP contribution in [-0.2, 0) is 4.79 Å². The van der Waals surface area contributed by atoms with E-state index < -0.39 is 0 Å². The quantitative estimate of drug-likeness (QED) is 0.563. The Labute approximate surface area is 174 Å². The van der Waals surface area contributed by atoms with Crippen molar-refractivity contribution in [1.29, 1.82) is 0 Å². The molecule has 1 aliphatic rings. The normalized spacial score (nSPS) is 14.7. The molecule has 0 saturated carbocycles. The first-order valence-electron chi connectivity index (χ1n) is 9.81. The molecule has 0 spiro atoms. The Bertz CT molecular complexity index is 922. The van der Waals surface area contributed by atoms with Crippen molar-refractivity contribution in [3.63, 3.8) is 0 Å². The van der Waals surface area contributed by atoms with Gasteiger partial charge in [-0.2, -0.15) is 5.10 Å². The first-order valence-corrected chi connectivity index (χ1v) is 9.81. The van der Waals surface area contributed by atoms with E-state index in [4.69, 9.17) is 4.74 Å². The van der Waals surface area contributed by atoms with Crippen LogP contribution in [0.5, 0.6) is 11.5 Å². The van der Waals surface area contributed by atoms with Gasteiger partial charge in [-0.15, -0.1) is 0 Å². The molecule has 2 aromatic carbocycles. The molecule has 3 rings (SSSR count). The molecule has 2 amide bonds. The zero-order valence-electron chi connectivity index (χ0n) is 16.7. The molecule has 1 heterocycles. The van der Waals surface area contributed by atoms with E-state index in [2.05, 4.69) is 10.5 Å². The van der Waals surface area contributed by atoms with Crippen LogP contribution in [0.1, 0.15) is 35.7 Å². The summed E-state index contributed by atoms with van der Waals surface area (Å²) in [6, 6.07) is 10.2. The number of nitrogens with one attached hydrogen (secondary N) is 1. The summed E-state index contributed by atoms with van der Waals surface area (Å²) in [6.45, 7) is 3.15. The molecule has 0 aliphatic carbocycles. The monoisotopic (exact) mass is 413 g/mol. The number of amides is 2. The molecule has 1 aliphatic heterocycles. The van der Waals surface area contributed by atoms with Crippen molar-refractivity contribution in [1.82, 2.24) is 10.3 Å². The molecule has 0 unspecified atom stereocenters. The van der Waals surface area contributed by atoms with Crippen LogP contribution in [-0.4, -0.2) is 47.7 Å². The van der Waals surface area contributed by atoms with Crippen LogP contribution in [0.15, 0.2) is 47.6 Å². The summed E-state index contributed by atoms with van der Waals surface area (Å²) in [4.78, 5) is 26.5. The molecule has 0 atom stereocenters. The van der Waals surface area contributed by atoms with Crippen LogP contribution in [0.4, 0.5) is 4.39 Å². The van der Waals surface area contributed by atoms with E-state index in [-0.39, 0.29) is 29.3 Å². The Morgan fingerprint density at radius 2 is 1.93 bits per heavy atom. The lowest BCUT2D eigenvalue weighted by Crippen LogP contribution is -2.42. The first kappa shape index (κ1) is 21.3. The molecular weight excluding hydrogens is 389 g/mol. The molecule has 30 heavy (non-hydrogen) atoms. The van der Waals surface area contributed by atoms with Crippen molar-refractivity contribution in [2.75, 3.05) is 19.7 Å². The molecule has 1 fully saturated rings. The maximum Gasteiger partial charge on any atom is 0.253 e. The van der Waals surface area contributed by atoms with Crippen LogP contribution < -0.4 is 10.2 Å². The summed E-state index contributed by atoms with van der Waals surface area (Å²) in [6.07, 6.45) is 2.54. The smallest absolute Gasteiger partial charge is 0.253 e. The SMILES string of the molecule is CCOc1cc(/C=N/NC(=O)C2CCN(C(=O)c3ccc(F)cc3)CC2)ccc1O. The number of carbonyl (C=O) groups excluding carboxylic acids is 2. The highest BCUT2D eigenvalue weighted by molar-refractivity contribution is 5.94. The molecule has 0 bridgehead atoms. The minimum Gasteiger partial charge on any atom is -0.504 e. The van der Waals surface area contributed by atoms with Gasteiger partial charge in [0.1, 0.15) is 5.82 Å². The van der Waals surface area contributed by atoms with E-state index in [9.17, 15) is 19.1 Å². The zero-order chi connectivity index (χ0) is 21.5. The molecular formula is C22H24FN3O4. The van der Waals surface area contributed by atoms with Crippen LogP contribution in [0, 0.1) is 11.7 Å². The number of ether oxygens (including phenoxy) is 1. The van der Waals surface area contributed by atoms with E-state index in [1.54, 1.807) is 17.0 Å². The van der Waals surface area contributed by atoms with Crippen molar-refractivity contribution in [2.45, 2.75) is 19.8 Å². The predicted molar refractivity (Wildman–Crippen MR) is 110 cm³/mol. The number of aromatic hydroxyl groups is 1. The number of nitrogens with zero attached hydrogens (tertiary/aromatic N) is 2. The lowest BCUT2D eigenvalue weighted by Gasteiger charge is -2.31. The topological polar surface area (TPSA) is 91.2 Å². The third-order valence-electron chi connectivity index (χ3n) is 4.92. The lowest BCUT2D eigenvalue weighted by molar-refractivity contribution is -0.126. The fraction of sp³-hybridized carbons (Fsp3) is 0.318. The van der Waals surface area contributed by atoms with Gasteiger partial charge in [0.15, 0.2) is 11.5 Å². The highest BCUT2D eigenvalue weighted by atomic mass is 19.1. The second kappa shape index (κ2) is 9.87. The number of likely N-dealkylation sites (tertiary alicyclic amines) is 1. The molecule has 2 N–H and O–H groups in total. The molecule has 158 valence electrons. The van der Waals surface area contributed by atoms with Crippen molar-refractivity contribution >= 4 is 18.0 Å². The van der Waals surface area contributed by atoms with Gasteiger partial charge in [0.2, 0.25) is 5.91 Å². The van der Waals surface area contributed by atoms with E-state index in [0.717, 1.165) is 0 Å². The van der Waals surface area contributed by atoms with Gasteiger partial charge < -0.3 is 14.7 Å². The van der Waals surface area contributed by atoms with E-state index in [1.807, 2.05) is 6.92 Å². The number of phenolic OH excluding ortho intramolecular Hbond substituents is 1. The molecule has 0 radical (unpaired) electrons. The highest BCUT2D eigenvalue weighted by Crippen LogP contribution is 2.26. The van der Waals surface area contributed by atoms with Crippen molar-refractivity contribution in [3.8, 4) is 11.5 Å². The van der Waals surface area contributed by atoms with E-state index in [0.29, 0.717) is 49.4 Å². The number of carbonyl (C=O) groups is 2. The van der Waals surface area contributed by atoms with Gasteiger partial charge in [-0.3, -0.25) is 9.59 Å². The Hall–Kier alpha value is -3.42. The minimum atomic E-state index is -0.385. The number of hydrogen-bond donors (Lipinski definition) is 2. The Morgan fingerprint density at radius 3 is 2.60 bits per heavy atom. The largest absolute Gasteiger partial charge is 0.504 e. The second-order valence-corrected chi connectivity index (χ2v) is 6.97. The average molecular weight is 413 g/mol. The van der Waals surface area contributed by atoms with Crippen LogP contribution in [0.3, 0.4) is 0 Å². The Kier molecular flexibility index (Phi) is 7.00. The predicted octanol–water partition coefficient (Wildman–Crippen LogP) is 2.93. The van der Waals surface area contributed by atoms with Crippen LogP contribution in [0.25, 0.3) is 0 Å². The summed E-state index contributed by atoms with van der Waals surface area (Å²) in [5.74, 6) is -0.596. The van der Waals surface area contributed by atoms with Gasteiger partial charge in [0, 0.05) is 24.6 Å². The lowest BCUT2D eigenvalue weighted by atomic mass is 9.95. The first-order chi connectivity index (χ1) is 14.5. The van der Waals surface area contributed by atoms with Crippen molar-refractivity contribution in [2.24, 2.45) is 11.0 Å². The molecule has 8 heteroatoms. The maximum absolute atomic E-state index is 13.0. The van der Waals surface area contributed by atoms with Gasteiger partial charge in [-0.1, -0.05) is 0 Å². The summed E-state index contributed by atoms with van der Waals surface area (Å²) < 4.78 is 18.3. The number of hydrazone groups is 1. The average Bonchev–Trinajstić information content (AvgIpc) is 2.76. The summed E-state index contributed by atoms with van der Waals surface area (Å²) >= 11 is 0. The summed E-state index contributed by atoms with van der Waals surface area (Å²) in [7, 11) is 0.